The summed E-state index contributed by atoms with van der Waals surface area (Å²) >= 11 is 5.62. The maximum Gasteiger partial charge on any atom is 0.174 e. The highest BCUT2D eigenvalue weighted by atomic mass is 32.1. The summed E-state index contributed by atoms with van der Waals surface area (Å²) in [6.07, 6.45) is 3.79. The highest BCUT2D eigenvalue weighted by molar-refractivity contribution is 7.80. The molecule has 0 amide bonds. The fourth-order valence-corrected chi connectivity index (χ4v) is 3.70. The van der Waals surface area contributed by atoms with Crippen molar-refractivity contribution in [2.45, 2.75) is 12.1 Å². The fraction of sp³-hybridized carbons (Fsp3) is 0.158. The third-order valence-electron chi connectivity index (χ3n) is 4.53. The lowest BCUT2D eigenvalue weighted by Gasteiger charge is -2.28. The summed E-state index contributed by atoms with van der Waals surface area (Å²) < 4.78 is 2.07. The van der Waals surface area contributed by atoms with E-state index < -0.39 is 0 Å². The second-order valence-electron chi connectivity index (χ2n) is 6.03. The molecule has 1 aliphatic heterocycles. The van der Waals surface area contributed by atoms with Crippen LogP contribution in [0.3, 0.4) is 0 Å². The number of benzene rings is 1. The van der Waals surface area contributed by atoms with E-state index in [-0.39, 0.29) is 17.8 Å². The largest absolute Gasteiger partial charge is 0.506 e. The number of thiocarbonyl (C=S) groups is 1. The first-order valence-electron chi connectivity index (χ1n) is 8.06. The molecule has 0 radical (unpaired) electrons. The van der Waals surface area contributed by atoms with Crippen molar-refractivity contribution < 1.29 is 5.11 Å². The van der Waals surface area contributed by atoms with Gasteiger partial charge in [-0.15, -0.1) is 0 Å². The third-order valence-corrected chi connectivity index (χ3v) is 4.84. The minimum absolute atomic E-state index is 0.109. The van der Waals surface area contributed by atoms with E-state index in [1.54, 1.807) is 18.3 Å². The van der Waals surface area contributed by atoms with Gasteiger partial charge in [-0.2, -0.15) is 0 Å². The van der Waals surface area contributed by atoms with E-state index in [0.717, 1.165) is 11.4 Å². The quantitative estimate of drug-likeness (QED) is 0.710. The maximum absolute atomic E-state index is 10.4. The zero-order valence-electron chi connectivity index (χ0n) is 13.7. The first-order chi connectivity index (χ1) is 12.2. The molecule has 5 nitrogen and oxygen atoms in total. The van der Waals surface area contributed by atoms with Crippen molar-refractivity contribution in [1.82, 2.24) is 14.9 Å². The van der Waals surface area contributed by atoms with Crippen LogP contribution in [0.5, 0.6) is 5.75 Å². The Morgan fingerprint density at radius 1 is 1.08 bits per heavy atom. The number of nitrogens with one attached hydrogen (secondary N) is 1. The molecule has 2 aromatic heterocycles. The van der Waals surface area contributed by atoms with E-state index in [0.29, 0.717) is 10.8 Å². The molecule has 0 spiro atoms. The maximum atomic E-state index is 10.4. The molecule has 1 saturated heterocycles. The summed E-state index contributed by atoms with van der Waals surface area (Å²) in [5.74, 6) is 0.201. The number of pyridine rings is 1. The normalized spacial score (nSPS) is 19.9. The number of rotatable bonds is 3. The SMILES string of the molecule is Cn1cccc1C1C(c2ccccn2)NC(=S)N1c1ccccc1O. The summed E-state index contributed by atoms with van der Waals surface area (Å²) in [6.45, 7) is 0. The number of aromatic hydroxyl groups is 1. The Kier molecular flexibility index (Phi) is 3.89. The lowest BCUT2D eigenvalue weighted by atomic mass is 10.0. The monoisotopic (exact) mass is 350 g/mol. The zero-order chi connectivity index (χ0) is 17.4. The minimum Gasteiger partial charge on any atom is -0.506 e. The van der Waals surface area contributed by atoms with Gasteiger partial charge in [0.1, 0.15) is 11.8 Å². The van der Waals surface area contributed by atoms with Crippen LogP contribution < -0.4 is 10.2 Å². The lowest BCUT2D eigenvalue weighted by molar-refractivity contribution is 0.471. The molecule has 0 bridgehead atoms. The van der Waals surface area contributed by atoms with Crippen LogP contribution in [-0.4, -0.2) is 19.8 Å². The Balaban J connectivity index is 1.87. The van der Waals surface area contributed by atoms with Crippen molar-refractivity contribution in [3.05, 3.63) is 78.4 Å². The van der Waals surface area contributed by atoms with Crippen molar-refractivity contribution in [2.24, 2.45) is 7.05 Å². The number of phenols is 1. The summed E-state index contributed by atoms with van der Waals surface area (Å²) in [5.41, 5.74) is 2.69. The van der Waals surface area contributed by atoms with Crippen molar-refractivity contribution in [3.63, 3.8) is 0 Å². The molecule has 126 valence electrons. The Hall–Kier alpha value is -2.86. The Labute approximate surface area is 151 Å². The van der Waals surface area contributed by atoms with Gasteiger partial charge in [-0.25, -0.2) is 0 Å². The summed E-state index contributed by atoms with van der Waals surface area (Å²) in [7, 11) is 2.01. The molecule has 2 atom stereocenters. The van der Waals surface area contributed by atoms with Crippen LogP contribution in [-0.2, 0) is 7.05 Å². The molecular weight excluding hydrogens is 332 g/mol. The zero-order valence-corrected chi connectivity index (χ0v) is 14.5. The number of aryl methyl sites for hydroxylation is 1. The van der Waals surface area contributed by atoms with Crippen LogP contribution >= 0.6 is 12.2 Å². The molecule has 2 N–H and O–H groups in total. The van der Waals surface area contributed by atoms with Crippen LogP contribution in [0.2, 0.25) is 0 Å². The molecule has 1 aliphatic rings. The smallest absolute Gasteiger partial charge is 0.174 e. The summed E-state index contributed by atoms with van der Waals surface area (Å²) in [6, 6.07) is 17.0. The Bertz CT molecular complexity index is 909. The van der Waals surface area contributed by atoms with Crippen molar-refractivity contribution in [2.75, 3.05) is 4.90 Å². The van der Waals surface area contributed by atoms with Crippen molar-refractivity contribution in [3.8, 4) is 5.75 Å². The van der Waals surface area contributed by atoms with Gasteiger partial charge in [0, 0.05) is 25.1 Å². The number of nitrogens with zero attached hydrogens (tertiary/aromatic N) is 3. The number of anilines is 1. The topological polar surface area (TPSA) is 53.3 Å². The molecule has 2 unspecified atom stereocenters. The highest BCUT2D eigenvalue weighted by Crippen LogP contribution is 2.43. The molecule has 1 fully saturated rings. The van der Waals surface area contributed by atoms with E-state index in [2.05, 4.69) is 20.9 Å². The fourth-order valence-electron chi connectivity index (χ4n) is 3.36. The summed E-state index contributed by atoms with van der Waals surface area (Å²) in [4.78, 5) is 6.49. The van der Waals surface area contributed by atoms with Gasteiger partial charge in [0.25, 0.3) is 0 Å². The van der Waals surface area contributed by atoms with Crippen LogP contribution in [0.15, 0.2) is 67.0 Å². The van der Waals surface area contributed by atoms with Gasteiger partial charge in [-0.1, -0.05) is 18.2 Å². The van der Waals surface area contributed by atoms with E-state index in [9.17, 15) is 5.11 Å². The number of phenolic OH excluding ortho intramolecular Hbond substituents is 1. The number of para-hydroxylation sites is 2. The summed E-state index contributed by atoms with van der Waals surface area (Å²) in [5, 5.41) is 14.3. The molecule has 1 aromatic carbocycles. The average Bonchev–Trinajstić information content (AvgIpc) is 3.19. The molecule has 3 aromatic rings. The van der Waals surface area contributed by atoms with E-state index >= 15 is 0 Å². The van der Waals surface area contributed by atoms with Gasteiger partial charge >= 0.3 is 0 Å². The minimum atomic E-state index is -0.115. The van der Waals surface area contributed by atoms with Crippen LogP contribution in [0, 0.1) is 0 Å². The number of hydrogen-bond acceptors (Lipinski definition) is 3. The van der Waals surface area contributed by atoms with Crippen LogP contribution in [0.4, 0.5) is 5.69 Å². The highest BCUT2D eigenvalue weighted by Gasteiger charge is 2.42. The van der Waals surface area contributed by atoms with Gasteiger partial charge < -0.3 is 19.9 Å². The average molecular weight is 350 g/mol. The standard InChI is InChI=1S/C19H18N4OS/c1-22-12-6-9-15(22)18-17(13-7-4-5-11-20-13)21-19(25)23(18)14-8-2-3-10-16(14)24/h2-12,17-18,24H,1H3,(H,21,25). The second-order valence-corrected chi connectivity index (χ2v) is 6.42. The predicted octanol–water partition coefficient (Wildman–Crippen LogP) is 3.30. The lowest BCUT2D eigenvalue weighted by Crippen LogP contribution is -2.30. The molecular formula is C19H18N4OS. The molecule has 0 saturated carbocycles. The Morgan fingerprint density at radius 2 is 1.88 bits per heavy atom. The van der Waals surface area contributed by atoms with Crippen LogP contribution in [0.1, 0.15) is 23.5 Å². The van der Waals surface area contributed by atoms with Crippen molar-refractivity contribution >= 4 is 23.0 Å². The molecule has 0 aliphatic carbocycles. The second kappa shape index (κ2) is 6.22. The van der Waals surface area contributed by atoms with Gasteiger partial charge in [-0.05, 0) is 48.6 Å². The predicted molar refractivity (Wildman–Crippen MR) is 101 cm³/mol. The first-order valence-corrected chi connectivity index (χ1v) is 8.47. The molecule has 4 rings (SSSR count). The molecule has 25 heavy (non-hydrogen) atoms. The van der Waals surface area contributed by atoms with Gasteiger partial charge in [0.15, 0.2) is 5.11 Å². The van der Waals surface area contributed by atoms with E-state index in [1.807, 2.05) is 54.5 Å². The van der Waals surface area contributed by atoms with Gasteiger partial charge in [0.05, 0.1) is 17.4 Å². The number of hydrogen-bond donors (Lipinski definition) is 2. The van der Waals surface area contributed by atoms with Crippen molar-refractivity contribution in [1.29, 1.82) is 0 Å². The van der Waals surface area contributed by atoms with E-state index in [4.69, 9.17) is 12.2 Å². The van der Waals surface area contributed by atoms with Gasteiger partial charge in [0.2, 0.25) is 0 Å². The van der Waals surface area contributed by atoms with Crippen LogP contribution in [0.25, 0.3) is 0 Å². The third kappa shape index (κ3) is 2.64. The Morgan fingerprint density at radius 3 is 2.56 bits per heavy atom. The van der Waals surface area contributed by atoms with E-state index in [1.165, 1.54) is 0 Å². The first kappa shape index (κ1) is 15.7. The molecule has 6 heteroatoms. The van der Waals surface area contributed by atoms with Gasteiger partial charge in [-0.3, -0.25) is 4.98 Å². The number of aromatic nitrogens is 2. The molecule has 3 heterocycles.